The van der Waals surface area contributed by atoms with Crippen LogP contribution in [0.15, 0.2) is 48.5 Å². The fraction of sp³-hybridized carbons (Fsp3) is 0.320. The van der Waals surface area contributed by atoms with Crippen molar-refractivity contribution in [2.45, 2.75) is 52.0 Å². The van der Waals surface area contributed by atoms with Crippen LogP contribution < -0.4 is 10.6 Å². The number of hydrogen-bond acceptors (Lipinski definition) is 4. The Morgan fingerprint density at radius 1 is 1.16 bits per heavy atom. The summed E-state index contributed by atoms with van der Waals surface area (Å²) in [4.78, 5) is 25.3. The van der Waals surface area contributed by atoms with Gasteiger partial charge < -0.3 is 15.7 Å². The monoisotopic (exact) mass is 432 g/mol. The number of phenolic OH excluding ortho intramolecular Hbond substituents is 1. The maximum absolute atomic E-state index is 12.8. The highest BCUT2D eigenvalue weighted by atomic mass is 16.3. The fourth-order valence-corrected chi connectivity index (χ4v) is 3.46. The summed E-state index contributed by atoms with van der Waals surface area (Å²) in [6.45, 7) is 5.92. The molecule has 1 heterocycles. The molecule has 0 spiro atoms. The van der Waals surface area contributed by atoms with Gasteiger partial charge in [-0.2, -0.15) is 9.78 Å². The fourth-order valence-electron chi connectivity index (χ4n) is 3.46. The number of anilines is 1. The lowest BCUT2D eigenvalue weighted by Crippen LogP contribution is -2.36. The molecule has 2 amide bonds. The molecule has 0 radical (unpaired) electrons. The highest BCUT2D eigenvalue weighted by Gasteiger charge is 2.31. The molecule has 3 aromatic rings. The Bertz CT molecular complexity index is 1150. The van der Waals surface area contributed by atoms with Crippen LogP contribution in [0, 0.1) is 6.92 Å². The van der Waals surface area contributed by atoms with Crippen molar-refractivity contribution in [3.63, 3.8) is 0 Å². The Labute approximate surface area is 187 Å². The average Bonchev–Trinajstić information content (AvgIpc) is 3.53. The Kier molecular flexibility index (Phi) is 5.99. The van der Waals surface area contributed by atoms with Gasteiger partial charge in [0.2, 0.25) is 0 Å². The van der Waals surface area contributed by atoms with Gasteiger partial charge in [0.1, 0.15) is 5.75 Å². The lowest BCUT2D eigenvalue weighted by molar-refractivity contribution is 0.102. The van der Waals surface area contributed by atoms with Crippen molar-refractivity contribution in [1.82, 2.24) is 15.1 Å². The van der Waals surface area contributed by atoms with Gasteiger partial charge in [0.15, 0.2) is 0 Å². The number of nitrogens with one attached hydrogen (secondary N) is 2. The molecular weight excluding hydrogens is 404 g/mol. The molecule has 7 heteroatoms. The second-order valence-electron chi connectivity index (χ2n) is 8.45. The zero-order valence-electron chi connectivity index (χ0n) is 18.6. The third-order valence-corrected chi connectivity index (χ3v) is 5.75. The maximum atomic E-state index is 12.8. The third kappa shape index (κ3) is 4.66. The first-order chi connectivity index (χ1) is 15.4. The molecule has 32 heavy (non-hydrogen) atoms. The van der Waals surface area contributed by atoms with E-state index in [1.165, 1.54) is 10.7 Å². The second-order valence-corrected chi connectivity index (χ2v) is 8.45. The van der Waals surface area contributed by atoms with E-state index in [2.05, 4.69) is 15.7 Å². The molecule has 1 aliphatic carbocycles. The molecule has 0 bridgehead atoms. The Balaban J connectivity index is 1.62. The van der Waals surface area contributed by atoms with Gasteiger partial charge in [-0.05, 0) is 69.5 Å². The van der Waals surface area contributed by atoms with Gasteiger partial charge in [-0.3, -0.25) is 4.79 Å². The first kappa shape index (κ1) is 21.6. The van der Waals surface area contributed by atoms with Crippen LogP contribution in [0.4, 0.5) is 10.5 Å². The van der Waals surface area contributed by atoms with Crippen molar-refractivity contribution in [2.75, 3.05) is 5.32 Å². The van der Waals surface area contributed by atoms with Gasteiger partial charge in [-0.25, -0.2) is 4.79 Å². The highest BCUT2D eigenvalue weighted by molar-refractivity contribution is 6.04. The summed E-state index contributed by atoms with van der Waals surface area (Å²) >= 11 is 0. The number of phenols is 1. The number of benzene rings is 2. The van der Waals surface area contributed by atoms with E-state index in [9.17, 15) is 14.7 Å². The number of aromatic nitrogens is 2. The van der Waals surface area contributed by atoms with Crippen molar-refractivity contribution in [3.05, 3.63) is 65.4 Å². The average molecular weight is 433 g/mol. The minimum absolute atomic E-state index is 0.0349. The summed E-state index contributed by atoms with van der Waals surface area (Å²) in [6, 6.07) is 13.8. The van der Waals surface area contributed by atoms with Crippen molar-refractivity contribution in [1.29, 1.82) is 0 Å². The van der Waals surface area contributed by atoms with E-state index in [0.717, 1.165) is 30.5 Å². The molecule has 166 valence electrons. The minimum atomic E-state index is -0.268. The van der Waals surface area contributed by atoms with E-state index >= 15 is 0 Å². The van der Waals surface area contributed by atoms with Gasteiger partial charge in [-0.15, -0.1) is 0 Å². The molecule has 1 atom stereocenters. The number of aryl methyl sites for hydroxylation is 1. The lowest BCUT2D eigenvalue weighted by atomic mass is 10.1. The molecule has 4 rings (SSSR count). The topological polar surface area (TPSA) is 96.3 Å². The van der Waals surface area contributed by atoms with Gasteiger partial charge in [-0.1, -0.05) is 24.6 Å². The van der Waals surface area contributed by atoms with Crippen LogP contribution in [-0.4, -0.2) is 32.9 Å². The smallest absolute Gasteiger partial charge is 0.342 e. The summed E-state index contributed by atoms with van der Waals surface area (Å²) in [6.07, 6.45) is 2.85. The molecule has 1 aliphatic rings. The molecule has 0 aliphatic heterocycles. The maximum Gasteiger partial charge on any atom is 0.342 e. The number of hydrogen-bond donors (Lipinski definition) is 3. The third-order valence-electron chi connectivity index (χ3n) is 5.75. The molecule has 1 saturated carbocycles. The lowest BCUT2D eigenvalue weighted by Gasteiger charge is -2.12. The van der Waals surface area contributed by atoms with E-state index < -0.39 is 0 Å². The van der Waals surface area contributed by atoms with Crippen molar-refractivity contribution in [3.8, 4) is 17.0 Å². The quantitative estimate of drug-likeness (QED) is 0.475. The molecule has 1 fully saturated rings. The van der Waals surface area contributed by atoms with Gasteiger partial charge in [0, 0.05) is 28.8 Å². The standard InChI is InChI=1S/C25H28N4O3/c1-4-16(3)26-25(32)29-22(17-9-10-17)14-21(28-29)20-13-19(11-12-23(20)30)27-24(31)18-7-5-15(2)6-8-18/h5-8,11-14,16-17,30H,4,9-10H2,1-3H3,(H,26,32)(H,27,31). The molecule has 1 unspecified atom stereocenters. The molecule has 2 aromatic carbocycles. The minimum Gasteiger partial charge on any atom is -0.507 e. The van der Waals surface area contributed by atoms with Gasteiger partial charge >= 0.3 is 6.03 Å². The van der Waals surface area contributed by atoms with Crippen LogP contribution >= 0.6 is 0 Å². The first-order valence-electron chi connectivity index (χ1n) is 11.0. The van der Waals surface area contributed by atoms with Crippen LogP contribution in [0.3, 0.4) is 0 Å². The Morgan fingerprint density at radius 3 is 2.53 bits per heavy atom. The van der Waals surface area contributed by atoms with Crippen LogP contribution in [-0.2, 0) is 0 Å². The zero-order chi connectivity index (χ0) is 22.8. The van der Waals surface area contributed by atoms with Crippen molar-refractivity contribution >= 4 is 17.6 Å². The second kappa shape index (κ2) is 8.86. The summed E-state index contributed by atoms with van der Waals surface area (Å²) in [5.74, 6) is 0.0944. The number of nitrogens with zero attached hydrogens (tertiary/aromatic N) is 2. The highest BCUT2D eigenvalue weighted by Crippen LogP contribution is 2.42. The van der Waals surface area contributed by atoms with Crippen LogP contribution in [0.5, 0.6) is 5.75 Å². The van der Waals surface area contributed by atoms with Crippen molar-refractivity contribution in [2.24, 2.45) is 0 Å². The number of carbonyl (C=O) groups is 2. The zero-order valence-corrected chi connectivity index (χ0v) is 18.6. The summed E-state index contributed by atoms with van der Waals surface area (Å²) < 4.78 is 1.41. The number of aromatic hydroxyl groups is 1. The summed E-state index contributed by atoms with van der Waals surface area (Å²) in [5.41, 5.74) is 3.96. The van der Waals surface area contributed by atoms with Crippen LogP contribution in [0.2, 0.25) is 0 Å². The van der Waals surface area contributed by atoms with Crippen LogP contribution in [0.25, 0.3) is 11.3 Å². The predicted molar refractivity (Wildman–Crippen MR) is 124 cm³/mol. The van der Waals surface area contributed by atoms with E-state index in [-0.39, 0.29) is 23.7 Å². The molecule has 3 N–H and O–H groups in total. The van der Waals surface area contributed by atoms with Gasteiger partial charge in [0.05, 0.1) is 11.4 Å². The summed E-state index contributed by atoms with van der Waals surface area (Å²) in [7, 11) is 0. The number of rotatable bonds is 6. The normalized spacial score (nSPS) is 14.1. The van der Waals surface area contributed by atoms with E-state index in [4.69, 9.17) is 0 Å². The number of amides is 2. The van der Waals surface area contributed by atoms with Gasteiger partial charge in [0.25, 0.3) is 5.91 Å². The van der Waals surface area contributed by atoms with E-state index in [0.29, 0.717) is 28.4 Å². The van der Waals surface area contributed by atoms with Crippen LogP contribution in [0.1, 0.15) is 60.6 Å². The largest absolute Gasteiger partial charge is 0.507 e. The van der Waals surface area contributed by atoms with Crippen molar-refractivity contribution < 1.29 is 14.7 Å². The Hall–Kier alpha value is -3.61. The van der Waals surface area contributed by atoms with E-state index in [1.807, 2.05) is 39.0 Å². The molecule has 1 aromatic heterocycles. The molecular formula is C25H28N4O3. The molecule has 7 nitrogen and oxygen atoms in total. The SMILES string of the molecule is CCC(C)NC(=O)n1nc(-c2cc(NC(=O)c3ccc(C)cc3)ccc2O)cc1C1CC1. The Morgan fingerprint density at radius 2 is 1.88 bits per heavy atom. The first-order valence-corrected chi connectivity index (χ1v) is 11.0. The molecule has 0 saturated heterocycles. The van der Waals surface area contributed by atoms with E-state index in [1.54, 1.807) is 24.3 Å². The number of carbonyl (C=O) groups excluding carboxylic acids is 2. The summed E-state index contributed by atoms with van der Waals surface area (Å²) in [5, 5.41) is 20.8. The predicted octanol–water partition coefficient (Wildman–Crippen LogP) is 5.05.